The van der Waals surface area contributed by atoms with Gasteiger partial charge in [-0.2, -0.15) is 0 Å². The van der Waals surface area contributed by atoms with Crippen molar-refractivity contribution in [1.82, 2.24) is 35.1 Å². The third-order valence-corrected chi connectivity index (χ3v) is 12.1. The Morgan fingerprint density at radius 3 is 2.25 bits per heavy atom. The summed E-state index contributed by atoms with van der Waals surface area (Å²) in [5.74, 6) is -0.710. The molecule has 7 N–H and O–H groups in total. The second-order valence-electron chi connectivity index (χ2n) is 17.4. The third-order valence-electron chi connectivity index (χ3n) is 11.1. The molecular weight excluding hydrogens is 881 g/mol. The van der Waals surface area contributed by atoms with Crippen LogP contribution in [0, 0.1) is 19.3 Å². The maximum Gasteiger partial charge on any atom is 0.269 e. The number of β-amino-alcohol motifs (C(OH)–C–C–N with tert-alkyl or cyclic N) is 1. The quantitative estimate of drug-likeness (QED) is 0.0493. The largest absolute Gasteiger partial charge is 0.491 e. The maximum atomic E-state index is 14.0. The summed E-state index contributed by atoms with van der Waals surface area (Å²) in [6.07, 6.45) is 0.617. The van der Waals surface area contributed by atoms with E-state index in [1.807, 2.05) is 89.5 Å². The molecule has 6 rings (SSSR count). The standard InChI is InChI=1S/C47H62N10O9S/c1-28-20-33(53-39-24-36(49-7)44-50-25-38(43(48)60)57(44)55-39)22-35(21-28)66-19-18-65-17-16-64-15-14-63-13-12-40(59)54-42(47(4,5)6)46(62)56-26-34(58)23-37(56)45(61)52-29(2)31-8-10-32(11-9-31)41-30(3)51-27-67-41/h8-11,20-22,24-25,27,29,34,37,42,49,58H,12-19,23,26H2,1-7H3,(H2,48,60)(H,52,61)(H,53,55)(H,54,59)/t29-,34+,37-,42+/m0/s1. The summed E-state index contributed by atoms with van der Waals surface area (Å²) in [6, 6.07) is 13.2. The minimum absolute atomic E-state index is 0.0140. The van der Waals surface area contributed by atoms with Crippen LogP contribution in [0.5, 0.6) is 5.75 Å². The summed E-state index contributed by atoms with van der Waals surface area (Å²) < 4.78 is 24.2. The number of likely N-dealkylation sites (tertiary alicyclic amines) is 1. The summed E-state index contributed by atoms with van der Waals surface area (Å²) in [5, 5.41) is 27.3. The first-order valence-corrected chi connectivity index (χ1v) is 23.1. The number of aliphatic hydroxyl groups excluding tert-OH is 1. The average molecular weight is 943 g/mol. The van der Waals surface area contributed by atoms with Gasteiger partial charge in [-0.3, -0.25) is 19.2 Å². The predicted octanol–water partition coefficient (Wildman–Crippen LogP) is 4.54. The van der Waals surface area contributed by atoms with Crippen LogP contribution in [-0.2, 0) is 28.6 Å². The van der Waals surface area contributed by atoms with Gasteiger partial charge in [-0.15, -0.1) is 16.4 Å². The van der Waals surface area contributed by atoms with Gasteiger partial charge in [0, 0.05) is 44.3 Å². The van der Waals surface area contributed by atoms with Crippen LogP contribution in [0.4, 0.5) is 17.2 Å². The van der Waals surface area contributed by atoms with Gasteiger partial charge in [0.15, 0.2) is 11.5 Å². The molecule has 1 fully saturated rings. The van der Waals surface area contributed by atoms with E-state index in [0.29, 0.717) is 55.9 Å². The third kappa shape index (κ3) is 13.5. The van der Waals surface area contributed by atoms with Crippen molar-refractivity contribution in [1.29, 1.82) is 0 Å². The van der Waals surface area contributed by atoms with Gasteiger partial charge in [0.1, 0.15) is 30.1 Å². The number of nitrogens with one attached hydrogen (secondary N) is 4. The first-order chi connectivity index (χ1) is 32.0. The number of hydrogen-bond donors (Lipinski definition) is 6. The van der Waals surface area contributed by atoms with Crippen molar-refractivity contribution in [2.75, 3.05) is 70.5 Å². The highest BCUT2D eigenvalue weighted by atomic mass is 32.1. The van der Waals surface area contributed by atoms with Crippen LogP contribution in [0.15, 0.2) is 60.2 Å². The van der Waals surface area contributed by atoms with Crippen LogP contribution >= 0.6 is 11.3 Å². The molecule has 0 unspecified atom stereocenters. The normalized spacial score (nSPS) is 15.9. The van der Waals surface area contributed by atoms with E-state index in [1.54, 1.807) is 24.5 Å². The fourth-order valence-corrected chi connectivity index (χ4v) is 8.42. The Labute approximate surface area is 394 Å². The second-order valence-corrected chi connectivity index (χ2v) is 18.3. The van der Waals surface area contributed by atoms with Gasteiger partial charge in [0.05, 0.1) is 79.8 Å². The minimum atomic E-state index is -0.944. The number of aryl methyl sites for hydroxylation is 2. The fourth-order valence-electron chi connectivity index (χ4n) is 7.61. The molecule has 1 aliphatic heterocycles. The number of fused-ring (bicyclic) bond motifs is 1. The first kappa shape index (κ1) is 50.2. The number of aliphatic hydroxyl groups is 1. The summed E-state index contributed by atoms with van der Waals surface area (Å²) in [6.45, 7) is 13.3. The molecule has 20 heteroatoms. The lowest BCUT2D eigenvalue weighted by Gasteiger charge is -2.35. The molecule has 0 spiro atoms. The molecule has 0 aliphatic carbocycles. The van der Waals surface area contributed by atoms with Crippen LogP contribution in [-0.4, -0.2) is 131 Å². The number of nitrogens with two attached hydrogens (primary N) is 1. The van der Waals surface area contributed by atoms with Gasteiger partial charge in [-0.05, 0) is 55.0 Å². The maximum absolute atomic E-state index is 14.0. The van der Waals surface area contributed by atoms with Crippen molar-refractivity contribution in [2.45, 2.75) is 78.6 Å². The summed E-state index contributed by atoms with van der Waals surface area (Å²) in [5.41, 5.74) is 12.5. The highest BCUT2D eigenvalue weighted by Crippen LogP contribution is 2.30. The molecule has 4 heterocycles. The van der Waals surface area contributed by atoms with Crippen molar-refractivity contribution in [3.8, 4) is 16.2 Å². The lowest BCUT2D eigenvalue weighted by Crippen LogP contribution is -2.58. The van der Waals surface area contributed by atoms with E-state index >= 15 is 0 Å². The summed E-state index contributed by atoms with van der Waals surface area (Å²) in [4.78, 5) is 63.7. The summed E-state index contributed by atoms with van der Waals surface area (Å²) in [7, 11) is 1.75. The number of primary amides is 1. The van der Waals surface area contributed by atoms with Crippen LogP contribution in [0.25, 0.3) is 16.1 Å². The van der Waals surface area contributed by atoms with E-state index < -0.39 is 35.4 Å². The monoisotopic (exact) mass is 942 g/mol. The van der Waals surface area contributed by atoms with Gasteiger partial charge in [-0.25, -0.2) is 14.5 Å². The SMILES string of the molecule is CNc1cc(Nc2cc(C)cc(OCCOCCOCCOCCC(=O)N[C@H](C(=O)N3C[C@H](O)C[C@H]3C(=O)N[C@@H](C)c3ccc(-c4scnc4C)cc3)C(C)(C)C)c2)nn2c(C(N)=O)cnc12. The molecule has 360 valence electrons. The minimum Gasteiger partial charge on any atom is -0.491 e. The Kier molecular flexibility index (Phi) is 17.3. The van der Waals surface area contributed by atoms with Crippen LogP contribution in [0.3, 0.4) is 0 Å². The lowest BCUT2D eigenvalue weighted by molar-refractivity contribution is -0.144. The number of carbonyl (C=O) groups is 4. The molecule has 2 aromatic carbocycles. The molecule has 19 nitrogen and oxygen atoms in total. The molecule has 4 amide bonds. The van der Waals surface area contributed by atoms with Crippen molar-refractivity contribution in [3.63, 3.8) is 0 Å². The molecule has 1 saturated heterocycles. The number of thiazole rings is 1. The Morgan fingerprint density at radius 1 is 0.925 bits per heavy atom. The predicted molar refractivity (Wildman–Crippen MR) is 254 cm³/mol. The average Bonchev–Trinajstić information content (AvgIpc) is 4.03. The van der Waals surface area contributed by atoms with E-state index in [1.165, 1.54) is 15.6 Å². The smallest absolute Gasteiger partial charge is 0.269 e. The topological polar surface area (TPSA) is 246 Å². The highest BCUT2D eigenvalue weighted by molar-refractivity contribution is 7.13. The van der Waals surface area contributed by atoms with Gasteiger partial charge < -0.3 is 56.0 Å². The lowest BCUT2D eigenvalue weighted by atomic mass is 9.85. The van der Waals surface area contributed by atoms with Gasteiger partial charge in [-0.1, -0.05) is 45.0 Å². The second kappa shape index (κ2) is 23.0. The number of amides is 4. The van der Waals surface area contributed by atoms with Gasteiger partial charge >= 0.3 is 0 Å². The van der Waals surface area contributed by atoms with E-state index in [0.717, 1.165) is 32.9 Å². The zero-order chi connectivity index (χ0) is 48.3. The zero-order valence-corrected chi connectivity index (χ0v) is 39.9. The number of aromatic nitrogens is 4. The van der Waals surface area contributed by atoms with Crippen LogP contribution in [0.1, 0.15) is 73.9 Å². The van der Waals surface area contributed by atoms with E-state index in [4.69, 9.17) is 24.7 Å². The highest BCUT2D eigenvalue weighted by Gasteiger charge is 2.44. The summed E-state index contributed by atoms with van der Waals surface area (Å²) >= 11 is 1.57. The van der Waals surface area contributed by atoms with E-state index in [9.17, 15) is 24.3 Å². The van der Waals surface area contributed by atoms with Crippen LogP contribution in [0.2, 0.25) is 0 Å². The van der Waals surface area contributed by atoms with Gasteiger partial charge in [0.25, 0.3) is 5.91 Å². The molecule has 0 radical (unpaired) electrons. The van der Waals surface area contributed by atoms with E-state index in [2.05, 4.69) is 36.3 Å². The number of nitrogens with zero attached hydrogens (tertiary/aromatic N) is 5. The number of benzene rings is 2. The molecule has 4 atom stereocenters. The zero-order valence-electron chi connectivity index (χ0n) is 39.1. The van der Waals surface area contributed by atoms with Crippen molar-refractivity contribution < 1.29 is 43.2 Å². The molecule has 1 aliphatic rings. The van der Waals surface area contributed by atoms with Gasteiger partial charge in [0.2, 0.25) is 17.7 Å². The van der Waals surface area contributed by atoms with Crippen molar-refractivity contribution in [3.05, 3.63) is 82.8 Å². The van der Waals surface area contributed by atoms with E-state index in [-0.39, 0.29) is 56.2 Å². The Hall–Kier alpha value is -6.19. The Bertz CT molecular complexity index is 2490. The number of imidazole rings is 1. The molecule has 67 heavy (non-hydrogen) atoms. The molecule has 3 aromatic heterocycles. The number of carbonyl (C=O) groups excluding carboxylic acids is 4. The number of rotatable bonds is 23. The molecule has 0 saturated carbocycles. The number of ether oxygens (including phenoxy) is 4. The van der Waals surface area contributed by atoms with Crippen LogP contribution < -0.4 is 31.7 Å². The fraction of sp³-hybridized carbons (Fsp3) is 0.468. The molecular formula is C47H62N10O9S. The molecule has 5 aromatic rings. The Balaban J connectivity index is 0.860. The number of anilines is 3. The first-order valence-electron chi connectivity index (χ1n) is 22.2. The van der Waals surface area contributed by atoms with Crippen molar-refractivity contribution in [2.24, 2.45) is 11.1 Å². The number of hydrogen-bond acceptors (Lipinski definition) is 15. The van der Waals surface area contributed by atoms with Crippen molar-refractivity contribution >= 4 is 57.8 Å². The Morgan fingerprint density at radius 2 is 1.61 bits per heavy atom. The molecule has 0 bridgehead atoms.